The summed E-state index contributed by atoms with van der Waals surface area (Å²) in [5.74, 6) is 0. The Morgan fingerprint density at radius 2 is 1.86 bits per heavy atom. The van der Waals surface area contributed by atoms with E-state index in [4.69, 9.17) is 23.2 Å². The topological polar surface area (TPSA) is 21.1 Å². The molecule has 0 aliphatic carbocycles. The lowest BCUT2D eigenvalue weighted by atomic mass is 10.2. The van der Waals surface area contributed by atoms with Crippen LogP contribution >= 0.6 is 23.2 Å². The van der Waals surface area contributed by atoms with Crippen LogP contribution in [0.2, 0.25) is 10.0 Å². The zero-order valence-electron chi connectivity index (χ0n) is 12.5. The van der Waals surface area contributed by atoms with Crippen LogP contribution in [0, 0.1) is 0 Å². The van der Waals surface area contributed by atoms with Crippen molar-refractivity contribution in [1.29, 1.82) is 0 Å². The molecule has 0 atom stereocenters. The largest absolute Gasteiger partial charge is 0.304 e. The van der Waals surface area contributed by atoms with Crippen molar-refractivity contribution in [2.45, 2.75) is 26.7 Å². The van der Waals surface area contributed by atoms with E-state index in [0.717, 1.165) is 43.9 Å². The van der Waals surface area contributed by atoms with Crippen molar-refractivity contribution in [3.63, 3.8) is 0 Å². The maximum Gasteiger partial charge on any atom is 0.0661 e. The van der Waals surface area contributed by atoms with Gasteiger partial charge < -0.3 is 4.90 Å². The number of aryl methyl sites for hydroxylation is 1. The first kappa shape index (κ1) is 16.3. The predicted octanol–water partition coefficient (Wildman–Crippen LogP) is 4.45. The summed E-state index contributed by atoms with van der Waals surface area (Å²) < 4.78 is 1.84. The Morgan fingerprint density at radius 1 is 1.10 bits per heavy atom. The predicted molar refractivity (Wildman–Crippen MR) is 89.7 cm³/mol. The molecule has 0 saturated heterocycles. The van der Waals surface area contributed by atoms with E-state index >= 15 is 0 Å². The fraction of sp³-hybridized carbons (Fsp3) is 0.438. The third kappa shape index (κ3) is 4.47. The van der Waals surface area contributed by atoms with Gasteiger partial charge in [0.05, 0.1) is 21.4 Å². The number of hydrogen-bond acceptors (Lipinski definition) is 2. The molecule has 21 heavy (non-hydrogen) atoms. The van der Waals surface area contributed by atoms with E-state index in [9.17, 15) is 0 Å². The molecular formula is C16H21Cl2N3. The lowest BCUT2D eigenvalue weighted by Gasteiger charge is -2.17. The molecule has 0 fully saturated rings. The van der Waals surface area contributed by atoms with Crippen molar-refractivity contribution in [3.05, 3.63) is 46.2 Å². The van der Waals surface area contributed by atoms with Crippen molar-refractivity contribution < 1.29 is 0 Å². The van der Waals surface area contributed by atoms with Crippen LogP contribution < -0.4 is 0 Å². The molecule has 0 saturated carbocycles. The smallest absolute Gasteiger partial charge is 0.0661 e. The second-order valence-corrected chi connectivity index (χ2v) is 5.79. The summed E-state index contributed by atoms with van der Waals surface area (Å²) in [4.78, 5) is 2.43. The molecule has 3 nitrogen and oxygen atoms in total. The number of aromatic nitrogens is 2. The maximum absolute atomic E-state index is 6.04. The molecule has 0 N–H and O–H groups in total. The molecule has 5 heteroatoms. The van der Waals surface area contributed by atoms with E-state index < -0.39 is 0 Å². The van der Waals surface area contributed by atoms with E-state index in [1.165, 1.54) is 0 Å². The summed E-state index contributed by atoms with van der Waals surface area (Å²) in [5.41, 5.74) is 2.03. The van der Waals surface area contributed by atoms with Crippen LogP contribution in [0.1, 0.15) is 26.0 Å². The van der Waals surface area contributed by atoms with Gasteiger partial charge in [-0.2, -0.15) is 5.10 Å². The van der Waals surface area contributed by atoms with Gasteiger partial charge in [0.1, 0.15) is 0 Å². The molecule has 1 aromatic heterocycles. The van der Waals surface area contributed by atoms with Gasteiger partial charge in [-0.15, -0.1) is 0 Å². The maximum atomic E-state index is 6.04. The molecule has 0 spiro atoms. The van der Waals surface area contributed by atoms with Gasteiger partial charge in [-0.05, 0) is 56.7 Å². The van der Waals surface area contributed by atoms with Gasteiger partial charge >= 0.3 is 0 Å². The summed E-state index contributed by atoms with van der Waals surface area (Å²) in [7, 11) is 0. The van der Waals surface area contributed by atoms with Gasteiger partial charge in [0.15, 0.2) is 0 Å². The zero-order valence-corrected chi connectivity index (χ0v) is 14.0. The van der Waals surface area contributed by atoms with Gasteiger partial charge in [-0.1, -0.05) is 37.0 Å². The molecule has 1 heterocycles. The molecule has 0 unspecified atom stereocenters. The minimum Gasteiger partial charge on any atom is -0.304 e. The third-order valence-corrected chi connectivity index (χ3v) is 4.35. The van der Waals surface area contributed by atoms with Gasteiger partial charge in [0.2, 0.25) is 0 Å². The van der Waals surface area contributed by atoms with Crippen LogP contribution in [-0.4, -0.2) is 34.3 Å². The SMILES string of the molecule is CCN(CC)CCCc1ccn(-c2ccc(Cl)c(Cl)c2)n1. The second kappa shape index (κ2) is 7.83. The lowest BCUT2D eigenvalue weighted by Crippen LogP contribution is -2.24. The summed E-state index contributed by atoms with van der Waals surface area (Å²) in [6.45, 7) is 7.72. The quantitative estimate of drug-likeness (QED) is 0.749. The highest BCUT2D eigenvalue weighted by Gasteiger charge is 2.05. The summed E-state index contributed by atoms with van der Waals surface area (Å²) in [5, 5.41) is 5.71. The van der Waals surface area contributed by atoms with Crippen molar-refractivity contribution in [1.82, 2.24) is 14.7 Å². The van der Waals surface area contributed by atoms with E-state index in [2.05, 4.69) is 29.9 Å². The molecule has 114 valence electrons. The van der Waals surface area contributed by atoms with Crippen LogP contribution in [0.4, 0.5) is 0 Å². The van der Waals surface area contributed by atoms with E-state index in [1.807, 2.05) is 23.0 Å². The Morgan fingerprint density at radius 3 is 2.52 bits per heavy atom. The normalized spacial score (nSPS) is 11.3. The Kier molecular flexibility index (Phi) is 6.09. The average molecular weight is 326 g/mol. The van der Waals surface area contributed by atoms with Gasteiger partial charge in [-0.25, -0.2) is 4.68 Å². The number of hydrogen-bond donors (Lipinski definition) is 0. The van der Waals surface area contributed by atoms with Crippen LogP contribution in [0.3, 0.4) is 0 Å². The Bertz CT molecular complexity index is 577. The highest BCUT2D eigenvalue weighted by Crippen LogP contribution is 2.24. The minimum absolute atomic E-state index is 0.549. The van der Waals surface area contributed by atoms with Crippen LogP contribution in [0.25, 0.3) is 5.69 Å². The van der Waals surface area contributed by atoms with Crippen molar-refractivity contribution in [2.75, 3.05) is 19.6 Å². The monoisotopic (exact) mass is 325 g/mol. The molecule has 0 bridgehead atoms. The Hall–Kier alpha value is -1.03. The van der Waals surface area contributed by atoms with E-state index in [-0.39, 0.29) is 0 Å². The van der Waals surface area contributed by atoms with Crippen LogP contribution in [-0.2, 0) is 6.42 Å². The van der Waals surface area contributed by atoms with Crippen LogP contribution in [0.15, 0.2) is 30.5 Å². The zero-order chi connectivity index (χ0) is 15.2. The molecule has 2 rings (SSSR count). The number of rotatable bonds is 7. The molecule has 2 aromatic rings. The molecular weight excluding hydrogens is 305 g/mol. The molecule has 0 radical (unpaired) electrons. The number of benzene rings is 1. The molecule has 0 amide bonds. The summed E-state index contributed by atoms with van der Waals surface area (Å²) in [6.07, 6.45) is 4.08. The highest BCUT2D eigenvalue weighted by atomic mass is 35.5. The van der Waals surface area contributed by atoms with E-state index in [1.54, 1.807) is 6.07 Å². The first-order chi connectivity index (χ1) is 10.1. The minimum atomic E-state index is 0.549. The third-order valence-electron chi connectivity index (χ3n) is 3.61. The summed E-state index contributed by atoms with van der Waals surface area (Å²) in [6, 6.07) is 7.60. The van der Waals surface area contributed by atoms with E-state index in [0.29, 0.717) is 10.0 Å². The van der Waals surface area contributed by atoms with Gasteiger partial charge in [-0.3, -0.25) is 0 Å². The van der Waals surface area contributed by atoms with Gasteiger partial charge in [0, 0.05) is 6.20 Å². The summed E-state index contributed by atoms with van der Waals surface area (Å²) >= 11 is 12.0. The Labute approximate surface area is 136 Å². The van der Waals surface area contributed by atoms with Crippen molar-refractivity contribution in [2.24, 2.45) is 0 Å². The number of nitrogens with zero attached hydrogens (tertiary/aromatic N) is 3. The fourth-order valence-electron chi connectivity index (χ4n) is 2.29. The average Bonchev–Trinajstić information content (AvgIpc) is 2.95. The molecule has 0 aliphatic heterocycles. The first-order valence-electron chi connectivity index (χ1n) is 7.36. The Balaban J connectivity index is 1.96. The second-order valence-electron chi connectivity index (χ2n) is 4.98. The van der Waals surface area contributed by atoms with Gasteiger partial charge in [0.25, 0.3) is 0 Å². The fourth-order valence-corrected chi connectivity index (χ4v) is 2.58. The van der Waals surface area contributed by atoms with Crippen molar-refractivity contribution in [3.8, 4) is 5.69 Å². The molecule has 0 aliphatic rings. The number of halogens is 2. The standard InChI is InChI=1S/C16H21Cl2N3/c1-3-20(4-2)10-5-6-13-9-11-21(19-13)14-7-8-15(17)16(18)12-14/h7-9,11-12H,3-6,10H2,1-2H3. The van der Waals surface area contributed by atoms with Crippen LogP contribution in [0.5, 0.6) is 0 Å². The first-order valence-corrected chi connectivity index (χ1v) is 8.12. The molecule has 1 aromatic carbocycles. The highest BCUT2D eigenvalue weighted by molar-refractivity contribution is 6.42. The lowest BCUT2D eigenvalue weighted by molar-refractivity contribution is 0.299. The van der Waals surface area contributed by atoms with Crippen molar-refractivity contribution >= 4 is 23.2 Å².